The number of alkyl halides is 3. The van der Waals surface area contributed by atoms with Crippen molar-refractivity contribution in [1.29, 1.82) is 0 Å². The molecule has 0 spiro atoms. The fraction of sp³-hybridized carbons (Fsp3) is 0.333. The average Bonchev–Trinajstić information content (AvgIpc) is 2.03. The topological polar surface area (TPSA) is 51.8 Å². The first-order valence-electron chi connectivity index (χ1n) is 3.12. The minimum absolute atomic E-state index is 0.0447. The summed E-state index contributed by atoms with van der Waals surface area (Å²) in [7, 11) is 0. The molecule has 0 radical (unpaired) electrons. The molecule has 1 aromatic heterocycles. The third-order valence-corrected chi connectivity index (χ3v) is 1.18. The van der Waals surface area contributed by atoms with Crippen molar-refractivity contribution in [2.24, 2.45) is 5.73 Å². The molecule has 2 N–H and O–H groups in total. The Morgan fingerprint density at radius 2 is 2.00 bits per heavy atom. The Hall–Kier alpha value is -1.17. The van der Waals surface area contributed by atoms with Crippen LogP contribution >= 0.6 is 0 Å². The molecule has 1 aromatic rings. The van der Waals surface area contributed by atoms with Gasteiger partial charge >= 0.3 is 6.18 Å². The lowest BCUT2D eigenvalue weighted by molar-refractivity contribution is -0.141. The van der Waals surface area contributed by atoms with E-state index in [-0.39, 0.29) is 12.2 Å². The van der Waals surface area contributed by atoms with E-state index in [0.717, 1.165) is 0 Å². The smallest absolute Gasteiger partial charge is 0.325 e. The van der Waals surface area contributed by atoms with E-state index < -0.39 is 11.9 Å². The number of rotatable bonds is 1. The Morgan fingerprint density at radius 3 is 2.50 bits per heavy atom. The molecule has 6 heteroatoms. The molecule has 0 unspecified atom stereocenters. The molecule has 66 valence electrons. The van der Waals surface area contributed by atoms with Gasteiger partial charge in [0.1, 0.15) is 0 Å². The highest BCUT2D eigenvalue weighted by Crippen LogP contribution is 2.26. The monoisotopic (exact) mass is 177 g/mol. The van der Waals surface area contributed by atoms with Gasteiger partial charge in [0.05, 0.1) is 11.9 Å². The highest BCUT2D eigenvalue weighted by atomic mass is 19.4. The molecule has 0 aliphatic heterocycles. The van der Waals surface area contributed by atoms with E-state index >= 15 is 0 Å². The van der Waals surface area contributed by atoms with Crippen molar-refractivity contribution in [2.75, 3.05) is 0 Å². The van der Waals surface area contributed by atoms with Crippen molar-refractivity contribution >= 4 is 0 Å². The van der Waals surface area contributed by atoms with Gasteiger partial charge in [0, 0.05) is 12.7 Å². The quantitative estimate of drug-likeness (QED) is 0.694. The zero-order valence-electron chi connectivity index (χ0n) is 5.97. The summed E-state index contributed by atoms with van der Waals surface area (Å²) in [6.45, 7) is -0.0447. The molecule has 3 nitrogen and oxygen atoms in total. The van der Waals surface area contributed by atoms with Crippen molar-refractivity contribution in [3.05, 3.63) is 23.8 Å². The summed E-state index contributed by atoms with van der Waals surface area (Å²) in [6, 6.07) is 0. The van der Waals surface area contributed by atoms with Crippen LogP contribution in [0.5, 0.6) is 0 Å². The largest absolute Gasteiger partial charge is 0.434 e. The van der Waals surface area contributed by atoms with Gasteiger partial charge in [-0.25, -0.2) is 4.98 Å². The SMILES string of the molecule is NCc1cncc(C(F)(F)F)n1. The van der Waals surface area contributed by atoms with Crippen LogP contribution in [0.15, 0.2) is 12.4 Å². The number of aromatic nitrogens is 2. The van der Waals surface area contributed by atoms with E-state index in [0.29, 0.717) is 6.20 Å². The van der Waals surface area contributed by atoms with Crippen molar-refractivity contribution in [3.63, 3.8) is 0 Å². The van der Waals surface area contributed by atoms with Crippen LogP contribution in [0.4, 0.5) is 13.2 Å². The first-order chi connectivity index (χ1) is 5.54. The van der Waals surface area contributed by atoms with Gasteiger partial charge in [-0.05, 0) is 0 Å². The van der Waals surface area contributed by atoms with Crippen molar-refractivity contribution in [2.45, 2.75) is 12.7 Å². The Balaban J connectivity index is 3.02. The maximum atomic E-state index is 12.0. The summed E-state index contributed by atoms with van der Waals surface area (Å²) in [5, 5.41) is 0. The van der Waals surface area contributed by atoms with Gasteiger partial charge in [0.25, 0.3) is 0 Å². The predicted octanol–water partition coefficient (Wildman–Crippen LogP) is 0.954. The van der Waals surface area contributed by atoms with Crippen molar-refractivity contribution < 1.29 is 13.2 Å². The van der Waals surface area contributed by atoms with Crippen LogP contribution in [0.1, 0.15) is 11.4 Å². The number of halogens is 3. The summed E-state index contributed by atoms with van der Waals surface area (Å²) >= 11 is 0. The second-order valence-electron chi connectivity index (χ2n) is 2.10. The Kier molecular flexibility index (Phi) is 2.27. The fourth-order valence-electron chi connectivity index (χ4n) is 0.641. The lowest BCUT2D eigenvalue weighted by atomic mass is 10.4. The molecule has 1 rings (SSSR count). The van der Waals surface area contributed by atoms with Gasteiger partial charge in [0.2, 0.25) is 0 Å². The van der Waals surface area contributed by atoms with Crippen LogP contribution in [0.2, 0.25) is 0 Å². The first-order valence-corrected chi connectivity index (χ1v) is 3.12. The average molecular weight is 177 g/mol. The first kappa shape index (κ1) is 8.92. The van der Waals surface area contributed by atoms with Crippen LogP contribution in [-0.2, 0) is 12.7 Å². The van der Waals surface area contributed by atoms with Crippen LogP contribution in [0, 0.1) is 0 Å². The van der Waals surface area contributed by atoms with Crippen molar-refractivity contribution in [3.8, 4) is 0 Å². The molecule has 0 saturated heterocycles. The Labute approximate surface area is 66.4 Å². The maximum absolute atomic E-state index is 12.0. The lowest BCUT2D eigenvalue weighted by Crippen LogP contribution is -2.11. The normalized spacial score (nSPS) is 11.7. The van der Waals surface area contributed by atoms with E-state index in [4.69, 9.17) is 5.73 Å². The summed E-state index contributed by atoms with van der Waals surface area (Å²) < 4.78 is 35.9. The third kappa shape index (κ3) is 1.91. The standard InChI is InChI=1S/C6H6F3N3/c7-6(8,9)5-3-11-2-4(1-10)12-5/h2-3H,1,10H2. The van der Waals surface area contributed by atoms with Gasteiger partial charge in [-0.15, -0.1) is 0 Å². The highest BCUT2D eigenvalue weighted by molar-refractivity contribution is 5.05. The molecular formula is C6H6F3N3. The van der Waals surface area contributed by atoms with Crippen molar-refractivity contribution in [1.82, 2.24) is 9.97 Å². The third-order valence-electron chi connectivity index (χ3n) is 1.18. The Bertz CT molecular complexity index is 271. The molecule has 0 aliphatic carbocycles. The maximum Gasteiger partial charge on any atom is 0.434 e. The molecular weight excluding hydrogens is 171 g/mol. The highest BCUT2D eigenvalue weighted by Gasteiger charge is 2.32. The molecule has 0 aromatic carbocycles. The molecule has 1 heterocycles. The van der Waals surface area contributed by atoms with E-state index in [2.05, 4.69) is 9.97 Å². The summed E-state index contributed by atoms with van der Waals surface area (Å²) in [5.74, 6) is 0. The van der Waals surface area contributed by atoms with Crippen LogP contribution in [0.3, 0.4) is 0 Å². The second kappa shape index (κ2) is 3.06. The van der Waals surface area contributed by atoms with Crippen LogP contribution < -0.4 is 5.73 Å². The zero-order chi connectivity index (χ0) is 9.19. The van der Waals surface area contributed by atoms with E-state index in [1.54, 1.807) is 0 Å². The molecule has 0 aliphatic rings. The number of nitrogens with zero attached hydrogens (tertiary/aromatic N) is 2. The Morgan fingerprint density at radius 1 is 1.33 bits per heavy atom. The summed E-state index contributed by atoms with van der Waals surface area (Å²) in [5.41, 5.74) is 4.21. The molecule has 0 amide bonds. The molecule has 0 fully saturated rings. The zero-order valence-corrected chi connectivity index (χ0v) is 5.97. The number of nitrogens with two attached hydrogens (primary N) is 1. The second-order valence-corrected chi connectivity index (χ2v) is 2.10. The number of hydrogen-bond donors (Lipinski definition) is 1. The number of hydrogen-bond acceptors (Lipinski definition) is 3. The van der Waals surface area contributed by atoms with Gasteiger partial charge in [-0.3, -0.25) is 4.98 Å². The predicted molar refractivity (Wildman–Crippen MR) is 34.9 cm³/mol. The molecule has 0 bridgehead atoms. The van der Waals surface area contributed by atoms with E-state index in [9.17, 15) is 13.2 Å². The van der Waals surface area contributed by atoms with Gasteiger partial charge in [-0.2, -0.15) is 13.2 Å². The van der Waals surface area contributed by atoms with E-state index in [1.165, 1.54) is 6.20 Å². The minimum Gasteiger partial charge on any atom is -0.325 e. The van der Waals surface area contributed by atoms with Gasteiger partial charge in [0.15, 0.2) is 5.69 Å². The summed E-state index contributed by atoms with van der Waals surface area (Å²) in [6.07, 6.45) is -2.58. The minimum atomic E-state index is -4.45. The van der Waals surface area contributed by atoms with Crippen LogP contribution in [-0.4, -0.2) is 9.97 Å². The lowest BCUT2D eigenvalue weighted by Gasteiger charge is -2.05. The van der Waals surface area contributed by atoms with Gasteiger partial charge in [-0.1, -0.05) is 0 Å². The van der Waals surface area contributed by atoms with Gasteiger partial charge < -0.3 is 5.73 Å². The summed E-state index contributed by atoms with van der Waals surface area (Å²) in [4.78, 5) is 6.61. The fourth-order valence-corrected chi connectivity index (χ4v) is 0.641. The molecule has 0 saturated carbocycles. The molecule has 12 heavy (non-hydrogen) atoms. The molecule has 0 atom stereocenters. The van der Waals surface area contributed by atoms with E-state index in [1.807, 2.05) is 0 Å². The van der Waals surface area contributed by atoms with Crippen LogP contribution in [0.25, 0.3) is 0 Å².